The third kappa shape index (κ3) is 4.67. The standard InChI is InChI=1S/C24H27BrFNO2/c1-28-20-7-8-21-23(14-20)29-12-9-22(25)24(21)19-5-3-17(4-6-19)13-18-15-27(16-18)11-2-10-26/h3-8,14,18H,2,9-13,15-16H2,1H3. The molecule has 2 aromatic rings. The van der Waals surface area contributed by atoms with Gasteiger partial charge in [-0.05, 0) is 42.0 Å². The average Bonchev–Trinajstić information content (AvgIpc) is 2.87. The van der Waals surface area contributed by atoms with Crippen molar-refractivity contribution < 1.29 is 13.9 Å². The molecule has 0 N–H and O–H groups in total. The van der Waals surface area contributed by atoms with Gasteiger partial charge in [0.25, 0.3) is 0 Å². The number of methoxy groups -OCH3 is 1. The predicted molar refractivity (Wildman–Crippen MR) is 119 cm³/mol. The highest BCUT2D eigenvalue weighted by molar-refractivity contribution is 9.11. The SMILES string of the molecule is COc1ccc2c(c1)OCCC(Br)=C2c1ccc(CC2CN(CCCF)C2)cc1. The molecular formula is C24H27BrFNO2. The molecule has 2 aliphatic heterocycles. The molecule has 1 fully saturated rings. The van der Waals surface area contributed by atoms with E-state index in [1.807, 2.05) is 12.1 Å². The van der Waals surface area contributed by atoms with Crippen molar-refractivity contribution >= 4 is 21.5 Å². The molecule has 0 radical (unpaired) electrons. The summed E-state index contributed by atoms with van der Waals surface area (Å²) in [6, 6.07) is 14.9. The minimum atomic E-state index is -0.213. The van der Waals surface area contributed by atoms with E-state index in [9.17, 15) is 4.39 Å². The number of fused-ring (bicyclic) bond motifs is 1. The fraction of sp³-hybridized carbons (Fsp3) is 0.417. The minimum absolute atomic E-state index is 0.213. The molecule has 1 saturated heterocycles. The molecule has 3 nitrogen and oxygen atoms in total. The summed E-state index contributed by atoms with van der Waals surface area (Å²) >= 11 is 3.79. The summed E-state index contributed by atoms with van der Waals surface area (Å²) in [5, 5.41) is 0. The summed E-state index contributed by atoms with van der Waals surface area (Å²) < 4.78 is 24.8. The van der Waals surface area contributed by atoms with Gasteiger partial charge >= 0.3 is 0 Å². The molecule has 29 heavy (non-hydrogen) atoms. The lowest BCUT2D eigenvalue weighted by Crippen LogP contribution is -2.47. The van der Waals surface area contributed by atoms with Crippen LogP contribution in [0.5, 0.6) is 11.5 Å². The fourth-order valence-electron chi connectivity index (χ4n) is 4.20. The maximum Gasteiger partial charge on any atom is 0.130 e. The van der Waals surface area contributed by atoms with E-state index in [1.54, 1.807) is 7.11 Å². The van der Waals surface area contributed by atoms with Gasteiger partial charge in [-0.2, -0.15) is 0 Å². The van der Waals surface area contributed by atoms with Crippen LogP contribution in [0, 0.1) is 5.92 Å². The Morgan fingerprint density at radius 1 is 1.17 bits per heavy atom. The summed E-state index contributed by atoms with van der Waals surface area (Å²) in [5.74, 6) is 2.35. The molecule has 0 saturated carbocycles. The topological polar surface area (TPSA) is 21.7 Å². The Kier molecular flexibility index (Phi) is 6.56. The van der Waals surface area contributed by atoms with Crippen LogP contribution in [0.4, 0.5) is 4.39 Å². The number of benzene rings is 2. The molecule has 0 aromatic heterocycles. The van der Waals surface area contributed by atoms with Crippen molar-refractivity contribution in [3.05, 3.63) is 63.6 Å². The van der Waals surface area contributed by atoms with Gasteiger partial charge in [-0.1, -0.05) is 40.2 Å². The summed E-state index contributed by atoms with van der Waals surface area (Å²) in [7, 11) is 1.67. The van der Waals surface area contributed by atoms with Gasteiger partial charge in [0.2, 0.25) is 0 Å². The minimum Gasteiger partial charge on any atom is -0.497 e. The molecule has 0 bridgehead atoms. The van der Waals surface area contributed by atoms with Crippen LogP contribution in [0.2, 0.25) is 0 Å². The van der Waals surface area contributed by atoms with E-state index < -0.39 is 0 Å². The molecule has 4 rings (SSSR count). The van der Waals surface area contributed by atoms with Crippen molar-refractivity contribution in [2.45, 2.75) is 19.3 Å². The Balaban J connectivity index is 1.49. The average molecular weight is 460 g/mol. The molecule has 0 unspecified atom stereocenters. The molecular weight excluding hydrogens is 433 g/mol. The van der Waals surface area contributed by atoms with Crippen LogP contribution >= 0.6 is 15.9 Å². The second-order valence-electron chi connectivity index (χ2n) is 7.81. The van der Waals surface area contributed by atoms with E-state index in [-0.39, 0.29) is 6.67 Å². The monoisotopic (exact) mass is 459 g/mol. The molecule has 2 aliphatic rings. The van der Waals surface area contributed by atoms with Gasteiger partial charge in [-0.25, -0.2) is 0 Å². The first kappa shape index (κ1) is 20.4. The fourth-order valence-corrected chi connectivity index (χ4v) is 4.81. The lowest BCUT2D eigenvalue weighted by molar-refractivity contribution is 0.0968. The number of likely N-dealkylation sites (tertiary alicyclic amines) is 1. The Morgan fingerprint density at radius 3 is 2.69 bits per heavy atom. The summed E-state index contributed by atoms with van der Waals surface area (Å²) in [4.78, 5) is 2.34. The Bertz CT molecular complexity index is 875. The van der Waals surface area contributed by atoms with Crippen LogP contribution in [0.3, 0.4) is 0 Å². The smallest absolute Gasteiger partial charge is 0.130 e. The first-order valence-corrected chi connectivity index (χ1v) is 11.0. The van der Waals surface area contributed by atoms with E-state index in [0.29, 0.717) is 18.9 Å². The van der Waals surface area contributed by atoms with Crippen molar-refractivity contribution in [1.29, 1.82) is 0 Å². The molecule has 0 atom stereocenters. The molecule has 2 aromatic carbocycles. The second-order valence-corrected chi connectivity index (χ2v) is 8.77. The number of nitrogens with zero attached hydrogens (tertiary/aromatic N) is 1. The number of hydrogen-bond acceptors (Lipinski definition) is 3. The normalized spacial score (nSPS) is 17.3. The highest BCUT2D eigenvalue weighted by atomic mass is 79.9. The van der Waals surface area contributed by atoms with Crippen molar-refractivity contribution in [1.82, 2.24) is 4.90 Å². The van der Waals surface area contributed by atoms with Gasteiger partial charge in [0.1, 0.15) is 11.5 Å². The zero-order valence-corrected chi connectivity index (χ0v) is 18.4. The van der Waals surface area contributed by atoms with Gasteiger partial charge < -0.3 is 14.4 Å². The molecule has 154 valence electrons. The largest absolute Gasteiger partial charge is 0.497 e. The van der Waals surface area contributed by atoms with E-state index in [2.05, 4.69) is 51.2 Å². The quantitative estimate of drug-likeness (QED) is 0.548. The Hall–Kier alpha value is -1.85. The van der Waals surface area contributed by atoms with E-state index in [0.717, 1.165) is 54.0 Å². The zero-order valence-electron chi connectivity index (χ0n) is 16.8. The number of ether oxygens (including phenoxy) is 2. The van der Waals surface area contributed by atoms with E-state index >= 15 is 0 Å². The van der Waals surface area contributed by atoms with Crippen LogP contribution < -0.4 is 9.47 Å². The lowest BCUT2D eigenvalue weighted by atomic mass is 9.90. The highest BCUT2D eigenvalue weighted by Gasteiger charge is 2.26. The zero-order chi connectivity index (χ0) is 20.2. The lowest BCUT2D eigenvalue weighted by Gasteiger charge is -2.39. The van der Waals surface area contributed by atoms with Gasteiger partial charge in [0.15, 0.2) is 0 Å². The summed E-state index contributed by atoms with van der Waals surface area (Å²) in [5.41, 5.74) is 4.83. The summed E-state index contributed by atoms with van der Waals surface area (Å²) in [6.07, 6.45) is 2.58. The van der Waals surface area contributed by atoms with Crippen molar-refractivity contribution in [2.75, 3.05) is 40.0 Å². The molecule has 0 amide bonds. The maximum atomic E-state index is 12.3. The van der Waals surface area contributed by atoms with Crippen molar-refractivity contribution in [3.8, 4) is 11.5 Å². The van der Waals surface area contributed by atoms with E-state index in [4.69, 9.17) is 9.47 Å². The second kappa shape index (κ2) is 9.31. The van der Waals surface area contributed by atoms with Crippen LogP contribution in [-0.4, -0.2) is 44.9 Å². The van der Waals surface area contributed by atoms with Crippen LogP contribution in [0.25, 0.3) is 5.57 Å². The first-order chi connectivity index (χ1) is 14.2. The van der Waals surface area contributed by atoms with Crippen LogP contribution in [0.15, 0.2) is 46.9 Å². The van der Waals surface area contributed by atoms with Crippen molar-refractivity contribution in [2.24, 2.45) is 5.92 Å². The molecule has 0 spiro atoms. The molecule has 2 heterocycles. The molecule has 5 heteroatoms. The third-order valence-electron chi connectivity index (χ3n) is 5.72. The number of rotatable bonds is 7. The molecule has 0 aliphatic carbocycles. The Labute approximate surface area is 180 Å². The van der Waals surface area contributed by atoms with Crippen molar-refractivity contribution in [3.63, 3.8) is 0 Å². The third-order valence-corrected chi connectivity index (χ3v) is 6.51. The maximum absolute atomic E-state index is 12.3. The highest BCUT2D eigenvalue weighted by Crippen LogP contribution is 2.40. The van der Waals surface area contributed by atoms with Gasteiger partial charge in [0, 0.05) is 47.7 Å². The van der Waals surface area contributed by atoms with E-state index in [1.165, 1.54) is 16.7 Å². The van der Waals surface area contributed by atoms with Gasteiger partial charge in [-0.15, -0.1) is 0 Å². The van der Waals surface area contributed by atoms with Crippen LogP contribution in [-0.2, 0) is 6.42 Å². The number of hydrogen-bond donors (Lipinski definition) is 0. The Morgan fingerprint density at radius 2 is 1.97 bits per heavy atom. The summed E-state index contributed by atoms with van der Waals surface area (Å²) in [6.45, 7) is 3.49. The van der Waals surface area contributed by atoms with Crippen LogP contribution in [0.1, 0.15) is 29.5 Å². The van der Waals surface area contributed by atoms with Gasteiger partial charge in [-0.3, -0.25) is 4.39 Å². The van der Waals surface area contributed by atoms with Gasteiger partial charge in [0.05, 0.1) is 20.4 Å². The predicted octanol–water partition coefficient (Wildman–Crippen LogP) is 5.47. The number of alkyl halides is 1. The first-order valence-electron chi connectivity index (χ1n) is 10.3. The number of halogens is 2.